The molecule has 1 aromatic carbocycles. The molecule has 180 valence electrons. The highest BCUT2D eigenvalue weighted by molar-refractivity contribution is 7.22. The SMILES string of the molecule is COc1cnc(Cl)cc1-c1cc(C)ncc1C(=O)Nc1nc2ccc(CC3CCOCC3)cc2s1. The molecule has 0 spiro atoms. The number of anilines is 1. The number of methoxy groups -OCH3 is 1. The minimum Gasteiger partial charge on any atom is -0.494 e. The molecular formula is C26H25ClN4O3S. The minimum atomic E-state index is -0.302. The van der Waals surface area contributed by atoms with E-state index in [1.807, 2.05) is 19.1 Å². The van der Waals surface area contributed by atoms with E-state index in [0.717, 1.165) is 48.4 Å². The third-order valence-electron chi connectivity index (χ3n) is 6.17. The zero-order valence-corrected chi connectivity index (χ0v) is 21.1. The molecule has 5 rings (SSSR count). The summed E-state index contributed by atoms with van der Waals surface area (Å²) in [6.07, 6.45) is 6.34. The summed E-state index contributed by atoms with van der Waals surface area (Å²) in [4.78, 5) is 26.4. The Bertz CT molecular complexity index is 1380. The quantitative estimate of drug-likeness (QED) is 0.324. The molecule has 1 amide bonds. The first kappa shape index (κ1) is 23.7. The Labute approximate surface area is 212 Å². The summed E-state index contributed by atoms with van der Waals surface area (Å²) in [5.41, 5.74) is 4.66. The van der Waals surface area contributed by atoms with Gasteiger partial charge in [0.15, 0.2) is 5.13 Å². The van der Waals surface area contributed by atoms with Gasteiger partial charge in [-0.1, -0.05) is 29.0 Å². The number of amides is 1. The molecule has 0 atom stereocenters. The molecule has 35 heavy (non-hydrogen) atoms. The first-order chi connectivity index (χ1) is 17.0. The maximum absolute atomic E-state index is 13.3. The number of benzene rings is 1. The molecular weight excluding hydrogens is 484 g/mol. The second-order valence-electron chi connectivity index (χ2n) is 8.61. The normalized spacial score (nSPS) is 14.3. The number of ether oxygens (including phenoxy) is 2. The number of aryl methyl sites for hydroxylation is 1. The van der Waals surface area contributed by atoms with Crippen LogP contribution in [0.15, 0.2) is 42.7 Å². The lowest BCUT2D eigenvalue weighted by molar-refractivity contribution is 0.0665. The van der Waals surface area contributed by atoms with Gasteiger partial charge in [-0.05, 0) is 61.9 Å². The molecule has 1 fully saturated rings. The first-order valence-corrected chi connectivity index (χ1v) is 12.6. The molecule has 7 nitrogen and oxygen atoms in total. The van der Waals surface area contributed by atoms with Crippen LogP contribution in [0.5, 0.6) is 5.75 Å². The van der Waals surface area contributed by atoms with Gasteiger partial charge in [-0.3, -0.25) is 15.1 Å². The second-order valence-corrected chi connectivity index (χ2v) is 10.0. The number of carbonyl (C=O) groups excluding carboxylic acids is 1. The van der Waals surface area contributed by atoms with Gasteiger partial charge >= 0.3 is 0 Å². The number of pyridine rings is 2. The number of fused-ring (bicyclic) bond motifs is 1. The van der Waals surface area contributed by atoms with Crippen molar-refractivity contribution in [2.75, 3.05) is 25.6 Å². The van der Waals surface area contributed by atoms with Gasteiger partial charge in [0.25, 0.3) is 5.91 Å². The summed E-state index contributed by atoms with van der Waals surface area (Å²) in [6.45, 7) is 3.56. The molecule has 0 saturated carbocycles. The highest BCUT2D eigenvalue weighted by Crippen LogP contribution is 2.35. The molecule has 1 N–H and O–H groups in total. The van der Waals surface area contributed by atoms with E-state index < -0.39 is 0 Å². The molecule has 0 unspecified atom stereocenters. The fourth-order valence-corrected chi connectivity index (χ4v) is 5.43. The lowest BCUT2D eigenvalue weighted by Crippen LogP contribution is -2.17. The molecule has 0 aliphatic carbocycles. The van der Waals surface area contributed by atoms with E-state index >= 15 is 0 Å². The fourth-order valence-electron chi connectivity index (χ4n) is 4.35. The average Bonchev–Trinajstić information content (AvgIpc) is 3.26. The summed E-state index contributed by atoms with van der Waals surface area (Å²) >= 11 is 7.61. The number of carbonyl (C=O) groups is 1. The van der Waals surface area contributed by atoms with Crippen LogP contribution in [0.3, 0.4) is 0 Å². The van der Waals surface area contributed by atoms with Crippen molar-refractivity contribution < 1.29 is 14.3 Å². The Morgan fingerprint density at radius 2 is 2.00 bits per heavy atom. The van der Waals surface area contributed by atoms with Crippen LogP contribution in [0.1, 0.15) is 34.5 Å². The van der Waals surface area contributed by atoms with Crippen LogP contribution in [-0.4, -0.2) is 41.2 Å². The molecule has 4 aromatic rings. The van der Waals surface area contributed by atoms with Crippen molar-refractivity contribution >= 4 is 44.2 Å². The van der Waals surface area contributed by atoms with Crippen molar-refractivity contribution in [1.82, 2.24) is 15.0 Å². The molecule has 9 heteroatoms. The van der Waals surface area contributed by atoms with Crippen molar-refractivity contribution in [2.45, 2.75) is 26.2 Å². The molecule has 4 heterocycles. The lowest BCUT2D eigenvalue weighted by Gasteiger charge is -2.21. The Kier molecular flexibility index (Phi) is 6.95. The third kappa shape index (κ3) is 5.29. The van der Waals surface area contributed by atoms with Crippen LogP contribution < -0.4 is 10.1 Å². The van der Waals surface area contributed by atoms with Crippen LogP contribution in [0.2, 0.25) is 5.15 Å². The Morgan fingerprint density at radius 3 is 2.80 bits per heavy atom. The van der Waals surface area contributed by atoms with E-state index in [1.165, 1.54) is 16.9 Å². The maximum Gasteiger partial charge on any atom is 0.259 e. The Balaban J connectivity index is 1.41. The molecule has 0 radical (unpaired) electrons. The summed E-state index contributed by atoms with van der Waals surface area (Å²) in [5.74, 6) is 0.870. The largest absolute Gasteiger partial charge is 0.494 e. The monoisotopic (exact) mass is 508 g/mol. The van der Waals surface area contributed by atoms with Crippen molar-refractivity contribution in [3.63, 3.8) is 0 Å². The van der Waals surface area contributed by atoms with E-state index in [1.54, 1.807) is 25.6 Å². The molecule has 0 bridgehead atoms. The fraction of sp³-hybridized carbons (Fsp3) is 0.308. The summed E-state index contributed by atoms with van der Waals surface area (Å²) in [6, 6.07) is 9.86. The predicted octanol–water partition coefficient (Wildman–Crippen LogP) is 5.95. The van der Waals surface area contributed by atoms with E-state index in [9.17, 15) is 4.79 Å². The van der Waals surface area contributed by atoms with Gasteiger partial charge in [0.05, 0.1) is 29.1 Å². The molecule has 1 aliphatic heterocycles. The van der Waals surface area contributed by atoms with Gasteiger partial charge in [0.2, 0.25) is 0 Å². The van der Waals surface area contributed by atoms with Gasteiger partial charge in [0, 0.05) is 36.2 Å². The number of hydrogen-bond acceptors (Lipinski definition) is 7. The Morgan fingerprint density at radius 1 is 1.17 bits per heavy atom. The number of nitrogens with one attached hydrogen (secondary N) is 1. The van der Waals surface area contributed by atoms with E-state index in [0.29, 0.717) is 38.6 Å². The van der Waals surface area contributed by atoms with E-state index in [-0.39, 0.29) is 5.91 Å². The van der Waals surface area contributed by atoms with Crippen LogP contribution in [-0.2, 0) is 11.2 Å². The number of nitrogens with zero attached hydrogens (tertiary/aromatic N) is 3. The molecule has 3 aromatic heterocycles. The second kappa shape index (κ2) is 10.3. The summed E-state index contributed by atoms with van der Waals surface area (Å²) < 4.78 is 12.0. The van der Waals surface area contributed by atoms with Crippen LogP contribution in [0.25, 0.3) is 21.3 Å². The maximum atomic E-state index is 13.3. The number of halogens is 1. The zero-order valence-electron chi connectivity index (χ0n) is 19.5. The van der Waals surface area contributed by atoms with Gasteiger partial charge in [-0.2, -0.15) is 0 Å². The predicted molar refractivity (Wildman–Crippen MR) is 139 cm³/mol. The average molecular weight is 509 g/mol. The van der Waals surface area contributed by atoms with Gasteiger partial charge in [-0.25, -0.2) is 9.97 Å². The van der Waals surface area contributed by atoms with Crippen molar-refractivity contribution in [2.24, 2.45) is 5.92 Å². The number of aromatic nitrogens is 3. The van der Waals surface area contributed by atoms with Crippen LogP contribution >= 0.6 is 22.9 Å². The van der Waals surface area contributed by atoms with Gasteiger partial charge in [-0.15, -0.1) is 0 Å². The minimum absolute atomic E-state index is 0.302. The lowest BCUT2D eigenvalue weighted by atomic mass is 9.92. The summed E-state index contributed by atoms with van der Waals surface area (Å²) in [7, 11) is 1.56. The number of hydrogen-bond donors (Lipinski definition) is 1. The standard InChI is InChI=1S/C26H25ClN4O3S/c1-15-9-18(19-12-24(27)29-14-22(19)33-2)20(13-28-15)25(32)31-26-30-21-4-3-17(11-23(21)35-26)10-16-5-7-34-8-6-16/h3-4,9,11-14,16H,5-8,10H2,1-2H3,(H,30,31,32). The smallest absolute Gasteiger partial charge is 0.259 e. The van der Waals surface area contributed by atoms with Gasteiger partial charge in [0.1, 0.15) is 10.9 Å². The molecule has 1 saturated heterocycles. The van der Waals surface area contributed by atoms with Crippen molar-refractivity contribution in [3.8, 4) is 16.9 Å². The summed E-state index contributed by atoms with van der Waals surface area (Å²) in [5, 5.41) is 3.80. The van der Waals surface area contributed by atoms with Crippen molar-refractivity contribution in [3.05, 3.63) is 64.7 Å². The van der Waals surface area contributed by atoms with Gasteiger partial charge < -0.3 is 9.47 Å². The third-order valence-corrected chi connectivity index (χ3v) is 7.31. The van der Waals surface area contributed by atoms with Crippen LogP contribution in [0, 0.1) is 12.8 Å². The van der Waals surface area contributed by atoms with E-state index in [2.05, 4.69) is 32.4 Å². The Hall–Kier alpha value is -3.07. The highest BCUT2D eigenvalue weighted by Gasteiger charge is 2.20. The first-order valence-electron chi connectivity index (χ1n) is 11.5. The highest BCUT2D eigenvalue weighted by atomic mass is 35.5. The van der Waals surface area contributed by atoms with Crippen molar-refractivity contribution in [1.29, 1.82) is 0 Å². The number of thiazole rings is 1. The number of rotatable bonds is 6. The van der Waals surface area contributed by atoms with Crippen LogP contribution in [0.4, 0.5) is 5.13 Å². The topological polar surface area (TPSA) is 86.2 Å². The van der Waals surface area contributed by atoms with E-state index in [4.69, 9.17) is 21.1 Å². The zero-order chi connectivity index (χ0) is 24.4. The molecule has 1 aliphatic rings.